The number of hydrogen-bond donors (Lipinski definition) is 1. The minimum absolute atomic E-state index is 0.772. The molecule has 1 heterocycles. The van der Waals surface area contributed by atoms with Gasteiger partial charge < -0.3 is 15.4 Å². The van der Waals surface area contributed by atoms with Crippen LogP contribution in [0.3, 0.4) is 0 Å². The average Bonchev–Trinajstić information content (AvgIpc) is 2.27. The smallest absolute Gasteiger partial charge is 0.0469 e. The fourth-order valence-electron chi connectivity index (χ4n) is 2.53. The summed E-state index contributed by atoms with van der Waals surface area (Å²) in [5, 5.41) is 0. The van der Waals surface area contributed by atoms with Crippen LogP contribution >= 0.6 is 0 Å². The highest BCUT2D eigenvalue weighted by molar-refractivity contribution is 4.68. The molecule has 0 radical (unpaired) electrons. The maximum absolute atomic E-state index is 5.53. The molecule has 96 valence electrons. The van der Waals surface area contributed by atoms with Gasteiger partial charge in [0.1, 0.15) is 0 Å². The second-order valence-corrected chi connectivity index (χ2v) is 5.31. The second-order valence-electron chi connectivity index (χ2n) is 5.31. The summed E-state index contributed by atoms with van der Waals surface area (Å²) in [6.45, 7) is 7.51. The molecule has 3 heteroatoms. The Morgan fingerprint density at radius 1 is 1.38 bits per heavy atom. The van der Waals surface area contributed by atoms with Crippen LogP contribution in [0.2, 0.25) is 0 Å². The second kappa shape index (κ2) is 8.04. The molecular weight excluding hydrogens is 200 g/mol. The molecule has 1 aliphatic heterocycles. The molecule has 0 aromatic heterocycles. The van der Waals surface area contributed by atoms with E-state index in [1.165, 1.54) is 32.4 Å². The van der Waals surface area contributed by atoms with E-state index in [0.717, 1.165) is 38.0 Å². The molecule has 1 aliphatic rings. The van der Waals surface area contributed by atoms with Crippen LogP contribution in [-0.4, -0.2) is 44.8 Å². The highest BCUT2D eigenvalue weighted by atomic mass is 16.5. The van der Waals surface area contributed by atoms with Crippen molar-refractivity contribution in [2.24, 2.45) is 17.6 Å². The van der Waals surface area contributed by atoms with Crippen LogP contribution in [0.1, 0.15) is 32.6 Å². The van der Waals surface area contributed by atoms with Crippen molar-refractivity contribution in [3.63, 3.8) is 0 Å². The monoisotopic (exact) mass is 228 g/mol. The topological polar surface area (TPSA) is 38.5 Å². The Morgan fingerprint density at radius 3 is 2.69 bits per heavy atom. The van der Waals surface area contributed by atoms with Crippen LogP contribution < -0.4 is 5.73 Å². The number of rotatable bonds is 7. The number of hydrogen-bond acceptors (Lipinski definition) is 3. The largest absolute Gasteiger partial charge is 0.381 e. The van der Waals surface area contributed by atoms with Crippen LogP contribution in [0.4, 0.5) is 0 Å². The molecule has 1 unspecified atom stereocenters. The molecule has 0 bridgehead atoms. The third-order valence-electron chi connectivity index (χ3n) is 3.44. The summed E-state index contributed by atoms with van der Waals surface area (Å²) >= 11 is 0. The Hall–Kier alpha value is -0.120. The van der Waals surface area contributed by atoms with E-state index in [-0.39, 0.29) is 0 Å². The highest BCUT2D eigenvalue weighted by Crippen LogP contribution is 2.16. The summed E-state index contributed by atoms with van der Waals surface area (Å²) in [7, 11) is 2.24. The Morgan fingerprint density at radius 2 is 2.06 bits per heavy atom. The summed E-state index contributed by atoms with van der Waals surface area (Å²) in [5.74, 6) is 1.62. The molecule has 0 amide bonds. The van der Waals surface area contributed by atoms with Crippen molar-refractivity contribution in [3.05, 3.63) is 0 Å². The number of nitrogens with two attached hydrogens (primary N) is 1. The average molecular weight is 228 g/mol. The molecule has 0 aromatic carbocycles. The molecule has 0 saturated carbocycles. The predicted octanol–water partition coefficient (Wildman–Crippen LogP) is 1.72. The van der Waals surface area contributed by atoms with Crippen molar-refractivity contribution in [2.45, 2.75) is 32.6 Å². The van der Waals surface area contributed by atoms with Gasteiger partial charge >= 0.3 is 0 Å². The van der Waals surface area contributed by atoms with Crippen LogP contribution in [0.15, 0.2) is 0 Å². The normalized spacial score (nSPS) is 20.2. The van der Waals surface area contributed by atoms with Gasteiger partial charge in [0.15, 0.2) is 0 Å². The lowest BCUT2D eigenvalue weighted by Crippen LogP contribution is -2.32. The molecule has 16 heavy (non-hydrogen) atoms. The van der Waals surface area contributed by atoms with Gasteiger partial charge in [-0.3, -0.25) is 0 Å². The first-order valence-corrected chi connectivity index (χ1v) is 6.68. The van der Waals surface area contributed by atoms with Crippen molar-refractivity contribution in [1.29, 1.82) is 0 Å². The fourth-order valence-corrected chi connectivity index (χ4v) is 2.53. The fraction of sp³-hybridized carbons (Fsp3) is 1.00. The Balaban J connectivity index is 2.11. The first kappa shape index (κ1) is 13.9. The summed E-state index contributed by atoms with van der Waals surface area (Å²) in [5.41, 5.74) is 5.53. The van der Waals surface area contributed by atoms with E-state index < -0.39 is 0 Å². The molecule has 2 N–H and O–H groups in total. The molecule has 1 rings (SSSR count). The lowest BCUT2D eigenvalue weighted by atomic mass is 9.99. The Labute approximate surface area is 100 Å². The maximum atomic E-state index is 5.53. The van der Waals surface area contributed by atoms with Gasteiger partial charge in [0.25, 0.3) is 0 Å². The minimum atomic E-state index is 0.772. The summed E-state index contributed by atoms with van der Waals surface area (Å²) in [6, 6.07) is 0. The standard InChI is InChI=1S/C13H28N2O/c1-12(4-3-7-14)10-15(2)11-13-5-8-16-9-6-13/h12-13H,3-11,14H2,1-2H3. The summed E-state index contributed by atoms with van der Waals surface area (Å²) in [6.07, 6.45) is 4.89. The van der Waals surface area contributed by atoms with Gasteiger partial charge in [-0.2, -0.15) is 0 Å². The lowest BCUT2D eigenvalue weighted by molar-refractivity contribution is 0.0541. The van der Waals surface area contributed by atoms with Crippen LogP contribution in [-0.2, 0) is 4.74 Å². The number of ether oxygens (including phenoxy) is 1. The quantitative estimate of drug-likeness (QED) is 0.721. The van der Waals surface area contributed by atoms with Gasteiger partial charge in [0.05, 0.1) is 0 Å². The van der Waals surface area contributed by atoms with Gasteiger partial charge in [-0.15, -0.1) is 0 Å². The van der Waals surface area contributed by atoms with Crippen LogP contribution in [0, 0.1) is 11.8 Å². The molecule has 1 fully saturated rings. The lowest BCUT2D eigenvalue weighted by Gasteiger charge is -2.28. The number of nitrogens with zero attached hydrogens (tertiary/aromatic N) is 1. The van der Waals surface area contributed by atoms with Gasteiger partial charge in [0, 0.05) is 26.3 Å². The molecular formula is C13H28N2O. The summed E-state index contributed by atoms with van der Waals surface area (Å²) in [4.78, 5) is 2.48. The summed E-state index contributed by atoms with van der Waals surface area (Å²) < 4.78 is 5.38. The third-order valence-corrected chi connectivity index (χ3v) is 3.44. The first-order valence-electron chi connectivity index (χ1n) is 6.68. The first-order chi connectivity index (χ1) is 7.72. The van der Waals surface area contributed by atoms with E-state index in [1.807, 2.05) is 0 Å². The van der Waals surface area contributed by atoms with Crippen molar-refractivity contribution >= 4 is 0 Å². The van der Waals surface area contributed by atoms with Crippen LogP contribution in [0.25, 0.3) is 0 Å². The zero-order chi connectivity index (χ0) is 11.8. The molecule has 0 aliphatic carbocycles. The van der Waals surface area contributed by atoms with Crippen molar-refractivity contribution in [1.82, 2.24) is 4.90 Å². The van der Waals surface area contributed by atoms with Crippen LogP contribution in [0.5, 0.6) is 0 Å². The third kappa shape index (κ3) is 5.83. The SMILES string of the molecule is CC(CCCN)CN(C)CC1CCOCC1. The molecule has 0 aromatic rings. The van der Waals surface area contributed by atoms with E-state index in [9.17, 15) is 0 Å². The van der Waals surface area contributed by atoms with Crippen molar-refractivity contribution in [2.75, 3.05) is 39.9 Å². The Kier molecular flexibility index (Phi) is 7.01. The van der Waals surface area contributed by atoms with E-state index in [0.29, 0.717) is 0 Å². The minimum Gasteiger partial charge on any atom is -0.381 e. The van der Waals surface area contributed by atoms with E-state index in [1.54, 1.807) is 0 Å². The molecule has 3 nitrogen and oxygen atoms in total. The zero-order valence-corrected chi connectivity index (χ0v) is 11.0. The van der Waals surface area contributed by atoms with Crippen molar-refractivity contribution in [3.8, 4) is 0 Å². The highest BCUT2D eigenvalue weighted by Gasteiger charge is 2.16. The van der Waals surface area contributed by atoms with E-state index >= 15 is 0 Å². The van der Waals surface area contributed by atoms with E-state index in [4.69, 9.17) is 10.5 Å². The maximum Gasteiger partial charge on any atom is 0.0469 e. The molecule has 1 saturated heterocycles. The zero-order valence-electron chi connectivity index (χ0n) is 11.0. The van der Waals surface area contributed by atoms with Gasteiger partial charge in [0.2, 0.25) is 0 Å². The Bertz CT molecular complexity index is 169. The van der Waals surface area contributed by atoms with Gasteiger partial charge in [-0.05, 0) is 51.1 Å². The van der Waals surface area contributed by atoms with E-state index in [2.05, 4.69) is 18.9 Å². The van der Waals surface area contributed by atoms with Crippen molar-refractivity contribution < 1.29 is 4.74 Å². The predicted molar refractivity (Wildman–Crippen MR) is 68.5 cm³/mol. The molecule has 1 atom stereocenters. The van der Waals surface area contributed by atoms with Gasteiger partial charge in [-0.1, -0.05) is 6.92 Å². The molecule has 0 spiro atoms. The van der Waals surface area contributed by atoms with Gasteiger partial charge in [-0.25, -0.2) is 0 Å².